The van der Waals surface area contributed by atoms with Crippen LogP contribution in [-0.2, 0) is 0 Å². The number of likely N-dealkylation sites (N-methyl/N-ethyl adjacent to an activating group) is 1. The lowest BCUT2D eigenvalue weighted by Crippen LogP contribution is -2.41. The summed E-state index contributed by atoms with van der Waals surface area (Å²) >= 11 is 0. The van der Waals surface area contributed by atoms with E-state index >= 15 is 0 Å². The molecule has 0 heterocycles. The van der Waals surface area contributed by atoms with Crippen LogP contribution in [0.25, 0.3) is 0 Å². The Bertz CT molecular complexity index is 782. The average Bonchev–Trinajstić information content (AvgIpc) is 2.65. The molecule has 0 aliphatic heterocycles. The summed E-state index contributed by atoms with van der Waals surface area (Å²) in [6.45, 7) is 8.35. The van der Waals surface area contributed by atoms with E-state index in [1.807, 2.05) is 58.2 Å². The van der Waals surface area contributed by atoms with E-state index in [4.69, 9.17) is 0 Å². The number of hydrogen-bond acceptors (Lipinski definition) is 3. The van der Waals surface area contributed by atoms with Crippen molar-refractivity contribution in [1.29, 1.82) is 0 Å². The molecule has 6 heteroatoms. The number of benzene rings is 2. The topological polar surface area (TPSA) is 73.5 Å². The van der Waals surface area contributed by atoms with E-state index in [2.05, 4.69) is 27.8 Å². The van der Waals surface area contributed by atoms with Gasteiger partial charge in [-0.2, -0.15) is 0 Å². The Morgan fingerprint density at radius 3 is 2.18 bits per heavy atom. The van der Waals surface area contributed by atoms with Crippen molar-refractivity contribution in [2.75, 3.05) is 23.8 Å². The highest BCUT2D eigenvalue weighted by molar-refractivity contribution is 5.95. The first-order chi connectivity index (χ1) is 13.2. The molecule has 0 aromatic heterocycles. The van der Waals surface area contributed by atoms with Gasteiger partial charge in [-0.15, -0.1) is 0 Å². The molecular formula is C22H30N4O2. The molecule has 0 bridgehead atoms. The van der Waals surface area contributed by atoms with Gasteiger partial charge >= 0.3 is 6.03 Å². The maximum atomic E-state index is 12.2. The Kier molecular flexibility index (Phi) is 7.04. The third kappa shape index (κ3) is 6.61. The van der Waals surface area contributed by atoms with Crippen molar-refractivity contribution in [3.05, 3.63) is 60.2 Å². The third-order valence-corrected chi connectivity index (χ3v) is 4.28. The third-order valence-electron chi connectivity index (χ3n) is 4.28. The van der Waals surface area contributed by atoms with Gasteiger partial charge in [0.2, 0.25) is 0 Å². The maximum absolute atomic E-state index is 12.2. The lowest BCUT2D eigenvalue weighted by molar-refractivity contribution is 0.0919. The number of urea groups is 1. The highest BCUT2D eigenvalue weighted by Gasteiger charge is 2.15. The number of carbonyl (C=O) groups excluding carboxylic acids is 2. The Balaban J connectivity index is 1.83. The lowest BCUT2D eigenvalue weighted by atomic mass is 10.1. The molecule has 0 fully saturated rings. The van der Waals surface area contributed by atoms with E-state index in [1.165, 1.54) is 0 Å². The molecule has 3 amide bonds. The number of anilines is 2. The first kappa shape index (κ1) is 21.3. The van der Waals surface area contributed by atoms with Crippen LogP contribution in [0.4, 0.5) is 16.2 Å². The van der Waals surface area contributed by atoms with E-state index < -0.39 is 0 Å². The van der Waals surface area contributed by atoms with Gasteiger partial charge in [0.05, 0.1) is 0 Å². The van der Waals surface area contributed by atoms with Gasteiger partial charge < -0.3 is 20.9 Å². The van der Waals surface area contributed by atoms with Gasteiger partial charge in [0.15, 0.2) is 0 Å². The molecule has 0 aliphatic rings. The second kappa shape index (κ2) is 9.26. The smallest absolute Gasteiger partial charge is 0.319 e. The molecule has 6 nitrogen and oxygen atoms in total. The molecule has 0 radical (unpaired) electrons. The number of hydrogen-bond donors (Lipinski definition) is 3. The first-order valence-corrected chi connectivity index (χ1v) is 9.41. The highest BCUT2D eigenvalue weighted by Crippen LogP contribution is 2.14. The predicted octanol–water partition coefficient (Wildman–Crippen LogP) is 3.86. The number of para-hydroxylation sites is 1. The van der Waals surface area contributed by atoms with E-state index in [0.29, 0.717) is 17.8 Å². The maximum Gasteiger partial charge on any atom is 0.319 e. The van der Waals surface area contributed by atoms with Crippen molar-refractivity contribution >= 4 is 23.3 Å². The second-order valence-electron chi connectivity index (χ2n) is 7.91. The minimum Gasteiger partial charge on any atom is -0.370 e. The zero-order valence-electron chi connectivity index (χ0n) is 17.2. The molecule has 0 aliphatic carbocycles. The zero-order valence-corrected chi connectivity index (χ0v) is 17.2. The van der Waals surface area contributed by atoms with Crippen LogP contribution in [0.2, 0.25) is 0 Å². The largest absolute Gasteiger partial charge is 0.370 e. The Hall–Kier alpha value is -3.02. The van der Waals surface area contributed by atoms with Crippen LogP contribution in [0.15, 0.2) is 54.6 Å². The summed E-state index contributed by atoms with van der Waals surface area (Å²) in [7, 11) is 2.00. The summed E-state index contributed by atoms with van der Waals surface area (Å²) in [4.78, 5) is 26.4. The van der Waals surface area contributed by atoms with Crippen molar-refractivity contribution in [2.24, 2.45) is 0 Å². The summed E-state index contributed by atoms with van der Waals surface area (Å²) in [5, 5.41) is 8.58. The van der Waals surface area contributed by atoms with Crippen molar-refractivity contribution in [1.82, 2.24) is 10.6 Å². The van der Waals surface area contributed by atoms with Crippen LogP contribution in [0.3, 0.4) is 0 Å². The average molecular weight is 383 g/mol. The number of amides is 3. The van der Waals surface area contributed by atoms with Gasteiger partial charge in [-0.1, -0.05) is 18.2 Å². The predicted molar refractivity (Wildman–Crippen MR) is 115 cm³/mol. The van der Waals surface area contributed by atoms with Crippen molar-refractivity contribution < 1.29 is 9.59 Å². The molecule has 2 aromatic rings. The van der Waals surface area contributed by atoms with E-state index in [1.54, 1.807) is 24.3 Å². The second-order valence-corrected chi connectivity index (χ2v) is 7.91. The molecule has 0 spiro atoms. The molecule has 2 rings (SSSR count). The normalized spacial score (nSPS) is 12.0. The van der Waals surface area contributed by atoms with Crippen molar-refractivity contribution in [3.63, 3.8) is 0 Å². The molecule has 1 unspecified atom stereocenters. The van der Waals surface area contributed by atoms with Crippen LogP contribution in [0, 0.1) is 0 Å². The van der Waals surface area contributed by atoms with Gasteiger partial charge in [0.25, 0.3) is 5.91 Å². The number of carbonyl (C=O) groups is 2. The van der Waals surface area contributed by atoms with Crippen LogP contribution >= 0.6 is 0 Å². The Labute approximate surface area is 167 Å². The molecule has 150 valence electrons. The van der Waals surface area contributed by atoms with Crippen LogP contribution in [0.5, 0.6) is 0 Å². The fourth-order valence-electron chi connectivity index (χ4n) is 2.59. The summed E-state index contributed by atoms with van der Waals surface area (Å²) in [5.41, 5.74) is 1.99. The first-order valence-electron chi connectivity index (χ1n) is 9.41. The molecule has 0 saturated carbocycles. The molecule has 3 N–H and O–H groups in total. The standard InChI is InChI=1S/C22H30N4O2/c1-16(26(5)19-9-7-6-8-10-19)15-23-21(28)24-18-13-11-17(12-14-18)20(27)25-22(2,3)4/h6-14,16H,15H2,1-5H3,(H,25,27)(H2,23,24,28). The number of rotatable bonds is 6. The van der Waals surface area contributed by atoms with Gasteiger partial charge in [0, 0.05) is 42.1 Å². The fourth-order valence-corrected chi connectivity index (χ4v) is 2.59. The molecule has 1 atom stereocenters. The van der Waals surface area contributed by atoms with Gasteiger partial charge in [-0.05, 0) is 64.1 Å². The molecule has 0 saturated heterocycles. The van der Waals surface area contributed by atoms with Crippen LogP contribution in [0.1, 0.15) is 38.1 Å². The number of nitrogens with zero attached hydrogens (tertiary/aromatic N) is 1. The quantitative estimate of drug-likeness (QED) is 0.710. The minimum atomic E-state index is -0.294. The zero-order chi connectivity index (χ0) is 20.7. The summed E-state index contributed by atoms with van der Waals surface area (Å²) in [5.74, 6) is -0.138. The summed E-state index contributed by atoms with van der Waals surface area (Å²) in [6, 6.07) is 16.7. The van der Waals surface area contributed by atoms with E-state index in [9.17, 15) is 9.59 Å². The van der Waals surface area contributed by atoms with Gasteiger partial charge in [-0.25, -0.2) is 4.79 Å². The van der Waals surface area contributed by atoms with Crippen molar-refractivity contribution in [3.8, 4) is 0 Å². The monoisotopic (exact) mass is 382 g/mol. The summed E-state index contributed by atoms with van der Waals surface area (Å²) < 4.78 is 0. The number of nitrogens with one attached hydrogen (secondary N) is 3. The summed E-state index contributed by atoms with van der Waals surface area (Å²) in [6.07, 6.45) is 0. The lowest BCUT2D eigenvalue weighted by Gasteiger charge is -2.27. The SMILES string of the molecule is CC(CNC(=O)Nc1ccc(C(=O)NC(C)(C)C)cc1)N(C)c1ccccc1. The molecule has 28 heavy (non-hydrogen) atoms. The van der Waals surface area contributed by atoms with Gasteiger partial charge in [0.1, 0.15) is 0 Å². The Morgan fingerprint density at radius 1 is 1.00 bits per heavy atom. The Morgan fingerprint density at radius 2 is 1.61 bits per heavy atom. The van der Waals surface area contributed by atoms with E-state index in [-0.39, 0.29) is 23.5 Å². The van der Waals surface area contributed by atoms with Crippen LogP contribution in [-0.4, -0.2) is 37.1 Å². The highest BCUT2D eigenvalue weighted by atomic mass is 16.2. The van der Waals surface area contributed by atoms with Gasteiger partial charge in [-0.3, -0.25) is 4.79 Å². The molecular weight excluding hydrogens is 352 g/mol. The van der Waals surface area contributed by atoms with E-state index in [0.717, 1.165) is 5.69 Å². The minimum absolute atomic E-state index is 0.136. The molecule has 2 aromatic carbocycles. The fraction of sp³-hybridized carbons (Fsp3) is 0.364. The van der Waals surface area contributed by atoms with Crippen LogP contribution < -0.4 is 20.9 Å². The van der Waals surface area contributed by atoms with Crippen molar-refractivity contribution in [2.45, 2.75) is 39.3 Å².